The lowest BCUT2D eigenvalue weighted by molar-refractivity contribution is 0.171. The number of aryl methyl sites for hydroxylation is 1. The summed E-state index contributed by atoms with van der Waals surface area (Å²) in [5.41, 5.74) is 3.17. The molecule has 0 saturated carbocycles. The van der Waals surface area contributed by atoms with E-state index in [9.17, 15) is 0 Å². The van der Waals surface area contributed by atoms with Crippen molar-refractivity contribution < 1.29 is 9.47 Å². The lowest BCUT2D eigenvalue weighted by Crippen LogP contribution is -2.15. The molecule has 110 valence electrons. The van der Waals surface area contributed by atoms with Crippen LogP contribution in [0, 0.1) is 6.92 Å². The van der Waals surface area contributed by atoms with Crippen LogP contribution in [-0.4, -0.2) is 13.2 Å². The summed E-state index contributed by atoms with van der Waals surface area (Å²) in [6.07, 6.45) is 0. The molecule has 0 amide bonds. The van der Waals surface area contributed by atoms with Crippen LogP contribution in [0.15, 0.2) is 39.3 Å². The summed E-state index contributed by atoms with van der Waals surface area (Å²) in [6, 6.07) is 9.95. The van der Waals surface area contributed by atoms with Gasteiger partial charge in [-0.3, -0.25) is 0 Å². The minimum Gasteiger partial charge on any atom is -0.486 e. The largest absolute Gasteiger partial charge is 0.486 e. The second-order valence-electron chi connectivity index (χ2n) is 4.89. The zero-order chi connectivity index (χ0) is 15.0. The molecule has 0 aromatic heterocycles. The summed E-state index contributed by atoms with van der Waals surface area (Å²) in [4.78, 5) is 0. The van der Waals surface area contributed by atoms with Crippen LogP contribution in [0.5, 0.6) is 11.5 Å². The van der Waals surface area contributed by atoms with Crippen LogP contribution in [0.1, 0.15) is 22.1 Å². The Hall–Kier alpha value is -0.710. The van der Waals surface area contributed by atoms with Crippen LogP contribution in [0.25, 0.3) is 0 Å². The van der Waals surface area contributed by atoms with Gasteiger partial charge >= 0.3 is 0 Å². The van der Waals surface area contributed by atoms with Crippen LogP contribution in [-0.2, 0) is 0 Å². The normalized spacial score (nSPS) is 14.9. The Kier molecular flexibility index (Phi) is 4.48. The molecule has 1 atom stereocenters. The minimum absolute atomic E-state index is 0.257. The van der Waals surface area contributed by atoms with Gasteiger partial charge in [-0.25, -0.2) is 0 Å². The minimum atomic E-state index is -0.257. The highest BCUT2D eigenvalue weighted by atomic mass is 79.9. The smallest absolute Gasteiger partial charge is 0.161 e. The predicted molar refractivity (Wildman–Crippen MR) is 91.7 cm³/mol. The van der Waals surface area contributed by atoms with E-state index in [2.05, 4.69) is 37.9 Å². The molecule has 1 aliphatic rings. The van der Waals surface area contributed by atoms with Crippen molar-refractivity contribution in [2.75, 3.05) is 13.2 Å². The topological polar surface area (TPSA) is 18.5 Å². The maximum absolute atomic E-state index is 6.66. The highest BCUT2D eigenvalue weighted by Gasteiger charge is 2.19. The predicted octanol–water partition coefficient (Wildman–Crippen LogP) is 5.62. The standard InChI is InChI=1S/C16H13Br2ClO2/c1-9-6-13(18)11(8-12(9)17)16(19)10-2-3-14-15(7-10)21-5-4-20-14/h2-3,6-8,16H,4-5H2,1H3. The molecular formula is C16H13Br2ClO2. The molecule has 0 spiro atoms. The molecule has 0 saturated heterocycles. The third-order valence-electron chi connectivity index (χ3n) is 3.41. The third-order valence-corrected chi connectivity index (χ3v) is 5.44. The molecule has 0 fully saturated rings. The molecule has 1 heterocycles. The van der Waals surface area contributed by atoms with E-state index in [1.54, 1.807) is 0 Å². The van der Waals surface area contributed by atoms with Gasteiger partial charge in [-0.15, -0.1) is 11.6 Å². The number of benzene rings is 2. The SMILES string of the molecule is Cc1cc(Br)c(C(Cl)c2ccc3c(c2)OCCO3)cc1Br. The van der Waals surface area contributed by atoms with Crippen molar-refractivity contribution in [2.45, 2.75) is 12.3 Å². The molecule has 0 N–H and O–H groups in total. The highest BCUT2D eigenvalue weighted by molar-refractivity contribution is 9.11. The van der Waals surface area contributed by atoms with Crippen molar-refractivity contribution in [3.63, 3.8) is 0 Å². The molecule has 0 radical (unpaired) electrons. The molecule has 0 bridgehead atoms. The Morgan fingerprint density at radius 2 is 1.71 bits per heavy atom. The second-order valence-corrected chi connectivity index (χ2v) is 7.03. The number of halogens is 3. The monoisotopic (exact) mass is 430 g/mol. The number of hydrogen-bond donors (Lipinski definition) is 0. The summed E-state index contributed by atoms with van der Waals surface area (Å²) in [5.74, 6) is 1.53. The first-order chi connectivity index (χ1) is 10.1. The lowest BCUT2D eigenvalue weighted by Gasteiger charge is -2.20. The molecule has 3 rings (SSSR count). The zero-order valence-corrected chi connectivity index (χ0v) is 15.3. The van der Waals surface area contributed by atoms with Gasteiger partial charge in [0.05, 0.1) is 5.38 Å². The van der Waals surface area contributed by atoms with Gasteiger partial charge in [-0.2, -0.15) is 0 Å². The maximum atomic E-state index is 6.66. The Bertz CT molecular complexity index is 688. The van der Waals surface area contributed by atoms with Crippen molar-refractivity contribution in [1.82, 2.24) is 0 Å². The number of fused-ring (bicyclic) bond motifs is 1. The quantitative estimate of drug-likeness (QED) is 0.574. The zero-order valence-electron chi connectivity index (χ0n) is 11.3. The maximum Gasteiger partial charge on any atom is 0.161 e. The fourth-order valence-corrected chi connectivity index (χ4v) is 3.75. The van der Waals surface area contributed by atoms with Gasteiger partial charge in [0.25, 0.3) is 0 Å². The first kappa shape index (κ1) is 15.2. The average Bonchev–Trinajstić information content (AvgIpc) is 2.50. The Morgan fingerprint density at radius 3 is 2.48 bits per heavy atom. The van der Waals surface area contributed by atoms with Gasteiger partial charge in [0, 0.05) is 8.95 Å². The molecule has 0 aliphatic carbocycles. The lowest BCUT2D eigenvalue weighted by atomic mass is 10.0. The molecule has 1 unspecified atom stereocenters. The fourth-order valence-electron chi connectivity index (χ4n) is 2.25. The van der Waals surface area contributed by atoms with Crippen LogP contribution in [0.2, 0.25) is 0 Å². The summed E-state index contributed by atoms with van der Waals surface area (Å²) in [6.45, 7) is 3.21. The van der Waals surface area contributed by atoms with Crippen LogP contribution < -0.4 is 9.47 Å². The summed E-state index contributed by atoms with van der Waals surface area (Å²) >= 11 is 13.8. The Balaban J connectivity index is 1.98. The van der Waals surface area contributed by atoms with E-state index in [-0.39, 0.29) is 5.38 Å². The molecule has 2 aromatic rings. The second kappa shape index (κ2) is 6.19. The molecule has 2 nitrogen and oxygen atoms in total. The highest BCUT2D eigenvalue weighted by Crippen LogP contribution is 2.40. The summed E-state index contributed by atoms with van der Waals surface area (Å²) in [5, 5.41) is -0.257. The number of ether oxygens (including phenoxy) is 2. The van der Waals surface area contributed by atoms with E-state index in [0.717, 1.165) is 37.1 Å². The van der Waals surface area contributed by atoms with Crippen LogP contribution >= 0.6 is 43.5 Å². The fraction of sp³-hybridized carbons (Fsp3) is 0.250. The van der Waals surface area contributed by atoms with Crippen LogP contribution in [0.3, 0.4) is 0 Å². The van der Waals surface area contributed by atoms with Crippen molar-refractivity contribution in [1.29, 1.82) is 0 Å². The molecule has 5 heteroatoms. The van der Waals surface area contributed by atoms with Gasteiger partial charge in [0.1, 0.15) is 13.2 Å². The van der Waals surface area contributed by atoms with Gasteiger partial charge in [0.15, 0.2) is 11.5 Å². The van der Waals surface area contributed by atoms with Gasteiger partial charge in [-0.05, 0) is 47.9 Å². The van der Waals surface area contributed by atoms with E-state index in [4.69, 9.17) is 21.1 Å². The summed E-state index contributed by atoms with van der Waals surface area (Å²) in [7, 11) is 0. The third kappa shape index (κ3) is 3.08. The first-order valence-corrected chi connectivity index (χ1v) is 8.57. The Morgan fingerprint density at radius 1 is 1.00 bits per heavy atom. The van der Waals surface area contributed by atoms with Crippen molar-refractivity contribution in [2.24, 2.45) is 0 Å². The van der Waals surface area contributed by atoms with E-state index in [1.807, 2.05) is 31.2 Å². The van der Waals surface area contributed by atoms with E-state index < -0.39 is 0 Å². The molecule has 2 aromatic carbocycles. The van der Waals surface area contributed by atoms with E-state index >= 15 is 0 Å². The summed E-state index contributed by atoms with van der Waals surface area (Å²) < 4.78 is 13.2. The number of alkyl halides is 1. The molecule has 21 heavy (non-hydrogen) atoms. The van der Waals surface area contributed by atoms with Crippen molar-refractivity contribution in [3.05, 3.63) is 56.0 Å². The van der Waals surface area contributed by atoms with E-state index in [1.165, 1.54) is 0 Å². The average molecular weight is 433 g/mol. The first-order valence-electron chi connectivity index (χ1n) is 6.55. The van der Waals surface area contributed by atoms with Gasteiger partial charge < -0.3 is 9.47 Å². The van der Waals surface area contributed by atoms with Gasteiger partial charge in [-0.1, -0.05) is 37.9 Å². The van der Waals surface area contributed by atoms with Crippen molar-refractivity contribution in [3.8, 4) is 11.5 Å². The number of rotatable bonds is 2. The Labute approximate surface area is 145 Å². The van der Waals surface area contributed by atoms with E-state index in [0.29, 0.717) is 13.2 Å². The van der Waals surface area contributed by atoms with Crippen molar-refractivity contribution >= 4 is 43.5 Å². The van der Waals surface area contributed by atoms with Gasteiger partial charge in [0.2, 0.25) is 0 Å². The van der Waals surface area contributed by atoms with Crippen LogP contribution in [0.4, 0.5) is 0 Å². The molecular weight excluding hydrogens is 419 g/mol. The molecule has 1 aliphatic heterocycles. The number of hydrogen-bond acceptors (Lipinski definition) is 2.